The minimum absolute atomic E-state index is 0.0248. The van der Waals surface area contributed by atoms with Gasteiger partial charge in [-0.05, 0) is 46.9 Å². The fourth-order valence-electron chi connectivity index (χ4n) is 5.09. The monoisotopic (exact) mass is 508 g/mol. The van der Waals surface area contributed by atoms with Gasteiger partial charge in [0.05, 0.1) is 12.5 Å². The van der Waals surface area contributed by atoms with Crippen molar-refractivity contribution in [1.82, 2.24) is 0 Å². The average Bonchev–Trinajstić information content (AvgIpc) is 3.69. The van der Waals surface area contributed by atoms with E-state index in [4.69, 9.17) is 9.47 Å². The zero-order valence-corrected chi connectivity index (χ0v) is 21.8. The van der Waals surface area contributed by atoms with Crippen LogP contribution in [0.3, 0.4) is 0 Å². The first-order chi connectivity index (χ1) is 17.6. The highest BCUT2D eigenvalue weighted by atomic mass is 19.1. The molecule has 1 aliphatic rings. The van der Waals surface area contributed by atoms with E-state index in [0.29, 0.717) is 22.3 Å². The van der Waals surface area contributed by atoms with Crippen LogP contribution in [0.4, 0.5) is 8.78 Å². The van der Waals surface area contributed by atoms with Crippen molar-refractivity contribution in [3.63, 3.8) is 0 Å². The second-order valence-electron chi connectivity index (χ2n) is 10.8. The van der Waals surface area contributed by atoms with Gasteiger partial charge in [0.15, 0.2) is 11.6 Å². The van der Waals surface area contributed by atoms with Crippen molar-refractivity contribution in [2.75, 3.05) is 7.11 Å². The molecule has 3 aromatic rings. The molecule has 0 heterocycles. The maximum Gasteiger partial charge on any atom is 0.303 e. The van der Waals surface area contributed by atoms with E-state index in [-0.39, 0.29) is 24.7 Å². The molecule has 0 aromatic heterocycles. The number of carbonyl (C=O) groups is 1. The molecule has 0 spiro atoms. The molecule has 1 N–H and O–H groups in total. The zero-order chi connectivity index (χ0) is 26.7. The van der Waals surface area contributed by atoms with Crippen LogP contribution in [0.5, 0.6) is 5.75 Å². The number of rotatable bonds is 10. The number of carboxylic acid groups (broad SMARTS) is 1. The zero-order valence-electron chi connectivity index (χ0n) is 21.8. The normalized spacial score (nSPS) is 15.3. The Balaban J connectivity index is 1.69. The van der Waals surface area contributed by atoms with Crippen LogP contribution in [0, 0.1) is 23.0 Å². The van der Waals surface area contributed by atoms with Gasteiger partial charge < -0.3 is 14.6 Å². The topological polar surface area (TPSA) is 55.8 Å². The van der Waals surface area contributed by atoms with Gasteiger partial charge >= 0.3 is 5.97 Å². The van der Waals surface area contributed by atoms with Crippen LogP contribution in [0.25, 0.3) is 11.1 Å². The standard InChI is InChI=1S/C31H34F2O4/c1-31(2,3)30(36-4)27-21(15-16-22(29(27)33)19-9-6-5-7-10-19)18-37-25-12-8-11-23(28(25)32)24(17-26(34)35)20-13-14-20/h5-12,15-16,20,24,30H,13-14,17-18H2,1-4H3,(H,34,35)/t24-,30-/m0/s1. The Kier molecular flexibility index (Phi) is 7.98. The number of benzene rings is 3. The Morgan fingerprint density at radius 2 is 1.70 bits per heavy atom. The van der Waals surface area contributed by atoms with E-state index in [1.165, 1.54) is 6.07 Å². The Bertz CT molecular complexity index is 1250. The lowest BCUT2D eigenvalue weighted by molar-refractivity contribution is -0.137. The minimum atomic E-state index is -0.950. The van der Waals surface area contributed by atoms with Crippen LogP contribution >= 0.6 is 0 Å². The predicted molar refractivity (Wildman–Crippen MR) is 139 cm³/mol. The average molecular weight is 509 g/mol. The van der Waals surface area contributed by atoms with E-state index in [0.717, 1.165) is 18.4 Å². The molecule has 3 aromatic carbocycles. The Morgan fingerprint density at radius 3 is 2.30 bits per heavy atom. The molecule has 0 bridgehead atoms. The fourth-order valence-corrected chi connectivity index (χ4v) is 5.09. The van der Waals surface area contributed by atoms with Crippen molar-refractivity contribution in [1.29, 1.82) is 0 Å². The minimum Gasteiger partial charge on any atom is -0.486 e. The van der Waals surface area contributed by atoms with Crippen LogP contribution in [0.15, 0.2) is 60.7 Å². The molecule has 1 aliphatic carbocycles. The highest BCUT2D eigenvalue weighted by Gasteiger charge is 2.36. The maximum atomic E-state index is 16.1. The number of methoxy groups -OCH3 is 1. The SMILES string of the molecule is CO[C@@H](c1c(COc2cccc([C@@H](CC(=O)O)C3CC3)c2F)ccc(-c2ccccc2)c1F)C(C)(C)C. The van der Waals surface area contributed by atoms with Gasteiger partial charge in [0.1, 0.15) is 12.4 Å². The fraction of sp³-hybridized carbons (Fsp3) is 0.387. The van der Waals surface area contributed by atoms with Crippen molar-refractivity contribution >= 4 is 5.97 Å². The van der Waals surface area contributed by atoms with E-state index >= 15 is 8.78 Å². The summed E-state index contributed by atoms with van der Waals surface area (Å²) in [6, 6.07) is 17.7. The number of carboxylic acids is 1. The molecule has 1 saturated carbocycles. The van der Waals surface area contributed by atoms with E-state index in [1.54, 1.807) is 31.4 Å². The van der Waals surface area contributed by atoms with Crippen molar-refractivity contribution in [3.8, 4) is 16.9 Å². The molecule has 37 heavy (non-hydrogen) atoms. The quantitative estimate of drug-likeness (QED) is 0.302. The third-order valence-corrected chi connectivity index (χ3v) is 7.00. The van der Waals surface area contributed by atoms with Gasteiger partial charge in [-0.15, -0.1) is 0 Å². The van der Waals surface area contributed by atoms with Gasteiger partial charge in [-0.2, -0.15) is 0 Å². The first kappa shape index (κ1) is 26.8. The van der Waals surface area contributed by atoms with Gasteiger partial charge in [-0.3, -0.25) is 4.79 Å². The molecule has 0 unspecified atom stereocenters. The number of aliphatic carboxylic acids is 1. The highest BCUT2D eigenvalue weighted by Crippen LogP contribution is 2.46. The number of hydrogen-bond acceptors (Lipinski definition) is 3. The van der Waals surface area contributed by atoms with Crippen molar-refractivity contribution in [3.05, 3.63) is 89.0 Å². The lowest BCUT2D eigenvalue weighted by Gasteiger charge is -2.32. The van der Waals surface area contributed by atoms with Crippen LogP contribution in [-0.4, -0.2) is 18.2 Å². The number of ether oxygens (including phenoxy) is 2. The summed E-state index contributed by atoms with van der Waals surface area (Å²) in [4.78, 5) is 11.4. The lowest BCUT2D eigenvalue weighted by Crippen LogP contribution is -2.23. The summed E-state index contributed by atoms with van der Waals surface area (Å²) in [6.07, 6.45) is 1.09. The smallest absolute Gasteiger partial charge is 0.303 e. The Labute approximate surface area is 217 Å². The summed E-state index contributed by atoms with van der Waals surface area (Å²) in [5, 5.41) is 9.34. The molecule has 4 rings (SSSR count). The van der Waals surface area contributed by atoms with Crippen molar-refractivity contribution in [2.24, 2.45) is 11.3 Å². The second kappa shape index (κ2) is 11.0. The largest absolute Gasteiger partial charge is 0.486 e. The summed E-state index contributed by atoms with van der Waals surface area (Å²) >= 11 is 0. The third-order valence-electron chi connectivity index (χ3n) is 7.00. The summed E-state index contributed by atoms with van der Waals surface area (Å²) in [7, 11) is 1.55. The second-order valence-corrected chi connectivity index (χ2v) is 10.8. The highest BCUT2D eigenvalue weighted by molar-refractivity contribution is 5.68. The molecular weight excluding hydrogens is 474 g/mol. The molecule has 196 valence electrons. The molecule has 0 aliphatic heterocycles. The molecule has 0 amide bonds. The lowest BCUT2D eigenvalue weighted by atomic mass is 9.81. The summed E-state index contributed by atoms with van der Waals surface area (Å²) in [5.74, 6) is -2.09. The maximum absolute atomic E-state index is 16.1. The summed E-state index contributed by atoms with van der Waals surface area (Å²) in [6.45, 7) is 5.86. The van der Waals surface area contributed by atoms with E-state index in [9.17, 15) is 9.90 Å². The molecule has 6 heteroatoms. The molecule has 4 nitrogen and oxygen atoms in total. The predicted octanol–water partition coefficient (Wildman–Crippen LogP) is 7.91. The molecule has 2 atom stereocenters. The molecule has 0 radical (unpaired) electrons. The number of hydrogen-bond donors (Lipinski definition) is 1. The van der Waals surface area contributed by atoms with Crippen molar-refractivity contribution in [2.45, 2.75) is 58.7 Å². The first-order valence-corrected chi connectivity index (χ1v) is 12.6. The van der Waals surface area contributed by atoms with Crippen LogP contribution in [0.2, 0.25) is 0 Å². The number of halogens is 2. The third kappa shape index (κ3) is 6.02. The van der Waals surface area contributed by atoms with Gasteiger partial charge in [0.25, 0.3) is 0 Å². The van der Waals surface area contributed by atoms with Gasteiger partial charge in [-0.25, -0.2) is 8.78 Å². The summed E-state index contributed by atoms with van der Waals surface area (Å²) in [5.41, 5.74) is 2.10. The molecular formula is C31H34F2O4. The first-order valence-electron chi connectivity index (χ1n) is 12.6. The Morgan fingerprint density at radius 1 is 1.00 bits per heavy atom. The van der Waals surface area contributed by atoms with E-state index in [2.05, 4.69) is 0 Å². The van der Waals surface area contributed by atoms with Crippen LogP contribution < -0.4 is 4.74 Å². The van der Waals surface area contributed by atoms with Gasteiger partial charge in [-0.1, -0.05) is 75.4 Å². The summed E-state index contributed by atoms with van der Waals surface area (Å²) < 4.78 is 43.3. The van der Waals surface area contributed by atoms with Crippen molar-refractivity contribution < 1.29 is 28.2 Å². The Hall–Kier alpha value is -3.25. The molecule has 0 saturated heterocycles. The van der Waals surface area contributed by atoms with E-state index < -0.39 is 35.0 Å². The van der Waals surface area contributed by atoms with Gasteiger partial charge in [0.2, 0.25) is 0 Å². The van der Waals surface area contributed by atoms with Gasteiger partial charge in [0, 0.05) is 24.2 Å². The molecule has 1 fully saturated rings. The van der Waals surface area contributed by atoms with Crippen LogP contribution in [-0.2, 0) is 16.1 Å². The van der Waals surface area contributed by atoms with E-state index in [1.807, 2.05) is 51.1 Å². The van der Waals surface area contributed by atoms with Crippen LogP contribution in [0.1, 0.15) is 68.7 Å².